The van der Waals surface area contributed by atoms with Gasteiger partial charge in [0.25, 0.3) is 0 Å². The highest BCUT2D eigenvalue weighted by Gasteiger charge is 2.23. The Balaban J connectivity index is 2.27. The molecular weight excluding hydrogens is 264 g/mol. The minimum Gasteiger partial charge on any atom is -0.465 e. The zero-order valence-corrected chi connectivity index (χ0v) is 13.5. The molecule has 21 heavy (non-hydrogen) atoms. The number of carbonyl (C=O) groups excluding carboxylic acids is 1. The van der Waals surface area contributed by atoms with Gasteiger partial charge in [-0.3, -0.25) is 0 Å². The number of nitrogen functional groups attached to an aromatic ring is 1. The molecule has 0 saturated heterocycles. The van der Waals surface area contributed by atoms with Gasteiger partial charge < -0.3 is 15.4 Å². The molecule has 2 rings (SSSR count). The summed E-state index contributed by atoms with van der Waals surface area (Å²) in [5.41, 5.74) is 8.94. The first kappa shape index (κ1) is 15.7. The normalized spacial score (nSPS) is 21.9. The third kappa shape index (κ3) is 3.31. The van der Waals surface area contributed by atoms with Gasteiger partial charge in [-0.2, -0.15) is 0 Å². The standard InChI is InChI=1S/C17H26N2O2/c1-11-5-7-13(8-6-11)19(3)14-9-12(2)16(18)15(10-14)17(20)21-4/h9-11,13H,5-8,18H2,1-4H3. The molecule has 116 valence electrons. The van der Waals surface area contributed by atoms with Gasteiger partial charge in [-0.1, -0.05) is 6.92 Å². The van der Waals surface area contributed by atoms with Crippen LogP contribution < -0.4 is 10.6 Å². The van der Waals surface area contributed by atoms with Crippen LogP contribution in [0.5, 0.6) is 0 Å². The van der Waals surface area contributed by atoms with Gasteiger partial charge in [0.2, 0.25) is 0 Å². The van der Waals surface area contributed by atoms with Crippen molar-refractivity contribution in [3.8, 4) is 0 Å². The molecule has 0 heterocycles. The van der Waals surface area contributed by atoms with E-state index in [4.69, 9.17) is 10.5 Å². The zero-order valence-electron chi connectivity index (χ0n) is 13.5. The molecule has 0 bridgehead atoms. The summed E-state index contributed by atoms with van der Waals surface area (Å²) in [6.07, 6.45) is 4.95. The Bertz CT molecular complexity index is 520. The van der Waals surface area contributed by atoms with Crippen molar-refractivity contribution in [1.29, 1.82) is 0 Å². The minimum atomic E-state index is -0.372. The van der Waals surface area contributed by atoms with Crippen molar-refractivity contribution in [2.45, 2.75) is 45.6 Å². The van der Waals surface area contributed by atoms with Crippen LogP contribution in [0.25, 0.3) is 0 Å². The lowest BCUT2D eigenvalue weighted by Gasteiger charge is -2.35. The second kappa shape index (κ2) is 6.37. The predicted octanol–water partition coefficient (Wildman–Crippen LogP) is 3.38. The molecule has 0 radical (unpaired) electrons. The number of esters is 1. The van der Waals surface area contributed by atoms with E-state index in [-0.39, 0.29) is 5.97 Å². The van der Waals surface area contributed by atoms with Crippen LogP contribution in [0, 0.1) is 12.8 Å². The maximum atomic E-state index is 11.9. The Hall–Kier alpha value is -1.71. The van der Waals surface area contributed by atoms with Crippen LogP contribution in [0.4, 0.5) is 11.4 Å². The van der Waals surface area contributed by atoms with E-state index >= 15 is 0 Å². The van der Waals surface area contributed by atoms with Crippen LogP contribution in [0.3, 0.4) is 0 Å². The summed E-state index contributed by atoms with van der Waals surface area (Å²) in [7, 11) is 3.49. The quantitative estimate of drug-likeness (QED) is 0.685. The lowest BCUT2D eigenvalue weighted by molar-refractivity contribution is 0.0602. The SMILES string of the molecule is COC(=O)c1cc(N(C)C2CCC(C)CC2)cc(C)c1N. The Labute approximate surface area is 127 Å². The number of hydrogen-bond donors (Lipinski definition) is 1. The van der Waals surface area contributed by atoms with Crippen molar-refractivity contribution in [3.63, 3.8) is 0 Å². The van der Waals surface area contributed by atoms with E-state index in [0.29, 0.717) is 17.3 Å². The van der Waals surface area contributed by atoms with E-state index in [2.05, 4.69) is 24.9 Å². The average molecular weight is 290 g/mol. The maximum Gasteiger partial charge on any atom is 0.340 e. The van der Waals surface area contributed by atoms with Gasteiger partial charge in [-0.25, -0.2) is 4.79 Å². The number of aryl methyl sites for hydroxylation is 1. The van der Waals surface area contributed by atoms with E-state index in [9.17, 15) is 4.79 Å². The number of benzene rings is 1. The minimum absolute atomic E-state index is 0.372. The van der Waals surface area contributed by atoms with Crippen LogP contribution in [0.15, 0.2) is 12.1 Å². The van der Waals surface area contributed by atoms with E-state index in [0.717, 1.165) is 17.2 Å². The first-order chi connectivity index (χ1) is 9.93. The highest BCUT2D eigenvalue weighted by Crippen LogP contribution is 2.32. The summed E-state index contributed by atoms with van der Waals surface area (Å²) < 4.78 is 4.83. The largest absolute Gasteiger partial charge is 0.465 e. The van der Waals surface area contributed by atoms with Crippen molar-refractivity contribution in [1.82, 2.24) is 0 Å². The van der Waals surface area contributed by atoms with Crippen LogP contribution in [0.2, 0.25) is 0 Å². The van der Waals surface area contributed by atoms with Crippen LogP contribution in [-0.2, 0) is 4.74 Å². The van der Waals surface area contributed by atoms with Crippen molar-refractivity contribution < 1.29 is 9.53 Å². The van der Waals surface area contributed by atoms with Crippen molar-refractivity contribution in [2.75, 3.05) is 24.8 Å². The summed E-state index contributed by atoms with van der Waals surface area (Å²) >= 11 is 0. The summed E-state index contributed by atoms with van der Waals surface area (Å²) in [6.45, 7) is 4.25. The first-order valence-corrected chi connectivity index (χ1v) is 7.65. The lowest BCUT2D eigenvalue weighted by atomic mass is 9.86. The molecule has 0 aliphatic heterocycles. The van der Waals surface area contributed by atoms with Crippen molar-refractivity contribution in [2.24, 2.45) is 5.92 Å². The van der Waals surface area contributed by atoms with E-state index in [1.165, 1.54) is 32.8 Å². The number of anilines is 2. The van der Waals surface area contributed by atoms with Crippen LogP contribution in [0.1, 0.15) is 48.5 Å². The Morgan fingerprint density at radius 1 is 1.29 bits per heavy atom. The van der Waals surface area contributed by atoms with Crippen molar-refractivity contribution in [3.05, 3.63) is 23.3 Å². The Morgan fingerprint density at radius 3 is 2.48 bits per heavy atom. The summed E-state index contributed by atoms with van der Waals surface area (Å²) in [6, 6.07) is 4.45. The highest BCUT2D eigenvalue weighted by molar-refractivity contribution is 5.97. The number of carbonyl (C=O) groups is 1. The van der Waals surface area contributed by atoms with Gasteiger partial charge >= 0.3 is 5.97 Å². The van der Waals surface area contributed by atoms with Gasteiger partial charge in [-0.05, 0) is 56.2 Å². The number of methoxy groups -OCH3 is 1. The van der Waals surface area contributed by atoms with Crippen LogP contribution in [-0.4, -0.2) is 26.2 Å². The maximum absolute atomic E-state index is 11.9. The van der Waals surface area contributed by atoms with Gasteiger partial charge in [0, 0.05) is 24.5 Å². The molecule has 1 saturated carbocycles. The molecular formula is C17H26N2O2. The Morgan fingerprint density at radius 2 is 1.90 bits per heavy atom. The zero-order chi connectivity index (χ0) is 15.6. The Kier molecular flexibility index (Phi) is 4.76. The fourth-order valence-electron chi connectivity index (χ4n) is 3.10. The fraction of sp³-hybridized carbons (Fsp3) is 0.588. The van der Waals surface area contributed by atoms with Gasteiger partial charge in [0.05, 0.1) is 12.7 Å². The number of ether oxygens (including phenoxy) is 1. The van der Waals surface area contributed by atoms with E-state index in [1.807, 2.05) is 13.0 Å². The molecule has 1 fully saturated rings. The smallest absolute Gasteiger partial charge is 0.340 e. The summed E-state index contributed by atoms with van der Waals surface area (Å²) in [4.78, 5) is 14.1. The molecule has 1 aromatic rings. The molecule has 0 aromatic heterocycles. The monoisotopic (exact) mass is 290 g/mol. The molecule has 0 unspecified atom stereocenters. The van der Waals surface area contributed by atoms with E-state index in [1.54, 1.807) is 0 Å². The fourth-order valence-corrected chi connectivity index (χ4v) is 3.10. The molecule has 0 atom stereocenters. The third-order valence-electron chi connectivity index (χ3n) is 4.72. The van der Waals surface area contributed by atoms with Gasteiger partial charge in [0.15, 0.2) is 0 Å². The summed E-state index contributed by atoms with van der Waals surface area (Å²) in [5, 5.41) is 0. The molecule has 1 aliphatic carbocycles. The number of rotatable bonds is 3. The number of nitrogens with two attached hydrogens (primary N) is 1. The predicted molar refractivity (Wildman–Crippen MR) is 86.8 cm³/mol. The second-order valence-corrected chi connectivity index (χ2v) is 6.24. The molecule has 4 nitrogen and oxygen atoms in total. The number of nitrogens with zero attached hydrogens (tertiary/aromatic N) is 1. The topological polar surface area (TPSA) is 55.6 Å². The van der Waals surface area contributed by atoms with E-state index < -0.39 is 0 Å². The van der Waals surface area contributed by atoms with Crippen molar-refractivity contribution >= 4 is 17.3 Å². The molecule has 0 spiro atoms. The lowest BCUT2D eigenvalue weighted by Crippen LogP contribution is -2.35. The average Bonchev–Trinajstić information content (AvgIpc) is 2.49. The molecule has 1 aliphatic rings. The molecule has 0 amide bonds. The van der Waals surface area contributed by atoms with Crippen LogP contribution >= 0.6 is 0 Å². The third-order valence-corrected chi connectivity index (χ3v) is 4.72. The highest BCUT2D eigenvalue weighted by atomic mass is 16.5. The molecule has 4 heteroatoms. The second-order valence-electron chi connectivity index (χ2n) is 6.24. The van der Waals surface area contributed by atoms with Gasteiger partial charge in [-0.15, -0.1) is 0 Å². The first-order valence-electron chi connectivity index (χ1n) is 7.65. The molecule has 2 N–H and O–H groups in total. The molecule has 1 aromatic carbocycles. The number of hydrogen-bond acceptors (Lipinski definition) is 4. The van der Waals surface area contributed by atoms with Gasteiger partial charge in [0.1, 0.15) is 0 Å². The summed E-state index contributed by atoms with van der Waals surface area (Å²) in [5.74, 6) is 0.455.